The number of fused-ring (bicyclic) bond motifs is 1. The lowest BCUT2D eigenvalue weighted by Gasteiger charge is -2.35. The second-order valence-corrected chi connectivity index (χ2v) is 8.49. The monoisotopic (exact) mass is 455 g/mol. The summed E-state index contributed by atoms with van der Waals surface area (Å²) >= 11 is 0. The zero-order valence-corrected chi connectivity index (χ0v) is 18.4. The van der Waals surface area contributed by atoms with Crippen LogP contribution >= 0.6 is 0 Å². The molecular formula is C22H26FN7O3. The van der Waals surface area contributed by atoms with E-state index >= 15 is 0 Å². The molecule has 2 aliphatic carbocycles. The maximum absolute atomic E-state index is 13.6. The average molecular weight is 455 g/mol. The van der Waals surface area contributed by atoms with E-state index in [9.17, 15) is 14.0 Å². The minimum atomic E-state index is -1.02. The van der Waals surface area contributed by atoms with Crippen molar-refractivity contribution in [3.8, 4) is 0 Å². The number of hydrogen-bond donors (Lipinski definition) is 3. The van der Waals surface area contributed by atoms with Crippen molar-refractivity contribution < 1.29 is 13.9 Å². The van der Waals surface area contributed by atoms with Gasteiger partial charge < -0.3 is 25.3 Å². The van der Waals surface area contributed by atoms with Gasteiger partial charge in [0.2, 0.25) is 0 Å². The van der Waals surface area contributed by atoms with E-state index < -0.39 is 18.1 Å². The molecule has 0 bridgehead atoms. The van der Waals surface area contributed by atoms with E-state index in [0.29, 0.717) is 35.8 Å². The van der Waals surface area contributed by atoms with Crippen molar-refractivity contribution in [1.82, 2.24) is 24.5 Å². The van der Waals surface area contributed by atoms with Gasteiger partial charge in [0.1, 0.15) is 29.1 Å². The van der Waals surface area contributed by atoms with Gasteiger partial charge >= 0.3 is 0 Å². The molecule has 3 aromatic rings. The van der Waals surface area contributed by atoms with Crippen LogP contribution in [0.15, 0.2) is 35.4 Å². The number of pyridine rings is 1. The molecule has 0 spiro atoms. The fourth-order valence-corrected chi connectivity index (χ4v) is 4.22. The van der Waals surface area contributed by atoms with Gasteiger partial charge in [-0.15, -0.1) is 0 Å². The molecule has 1 amide bonds. The third-order valence-corrected chi connectivity index (χ3v) is 6.51. The number of anilines is 3. The highest BCUT2D eigenvalue weighted by molar-refractivity contribution is 6.00. The smallest absolute Gasteiger partial charge is 0.274 e. The fourth-order valence-electron chi connectivity index (χ4n) is 4.22. The molecule has 0 aromatic carbocycles. The lowest BCUT2D eigenvalue weighted by Crippen LogP contribution is -2.48. The molecular weight excluding hydrogens is 429 g/mol. The van der Waals surface area contributed by atoms with Crippen molar-refractivity contribution in [3.63, 3.8) is 0 Å². The van der Waals surface area contributed by atoms with Gasteiger partial charge in [0.05, 0.1) is 18.3 Å². The van der Waals surface area contributed by atoms with Crippen LogP contribution in [0.4, 0.5) is 21.7 Å². The summed E-state index contributed by atoms with van der Waals surface area (Å²) in [4.78, 5) is 30.3. The summed E-state index contributed by atoms with van der Waals surface area (Å²) < 4.78 is 22.1. The standard InChI is InChI=1S/C22H26FN7O3/c1-24-19-10-18(26-17-4-3-7-29(22(17)32)12-8-13(9-12)33-2)28-20-14(11-25-30(19)20)21(31)27-16-6-5-15(16)23/h3-4,7,10-13,15-16,24H,5-6,8-9H2,1-2H3,(H,26,28)(H,27,31)/t12-,13-,15-,16?/m0/s1. The number of rotatable bonds is 7. The van der Waals surface area contributed by atoms with E-state index in [-0.39, 0.29) is 23.3 Å². The van der Waals surface area contributed by atoms with E-state index in [1.807, 2.05) is 6.07 Å². The Labute approximate surface area is 189 Å². The Morgan fingerprint density at radius 1 is 1.30 bits per heavy atom. The number of hydrogen-bond acceptors (Lipinski definition) is 7. The van der Waals surface area contributed by atoms with E-state index in [1.165, 1.54) is 10.7 Å². The topological polar surface area (TPSA) is 115 Å². The molecule has 0 saturated heterocycles. The van der Waals surface area contributed by atoms with Crippen molar-refractivity contribution in [3.05, 3.63) is 46.5 Å². The molecule has 174 valence electrons. The number of carbonyl (C=O) groups is 1. The molecule has 3 heterocycles. The lowest BCUT2D eigenvalue weighted by molar-refractivity contribution is 0.00522. The van der Waals surface area contributed by atoms with Gasteiger partial charge in [-0.2, -0.15) is 9.61 Å². The summed E-state index contributed by atoms with van der Waals surface area (Å²) in [5.74, 6) is 0.530. The van der Waals surface area contributed by atoms with Crippen LogP contribution < -0.4 is 21.5 Å². The summed E-state index contributed by atoms with van der Waals surface area (Å²) in [5.41, 5.74) is 0.752. The van der Waals surface area contributed by atoms with Gasteiger partial charge in [0, 0.05) is 32.5 Å². The summed E-state index contributed by atoms with van der Waals surface area (Å²) in [6.45, 7) is 0. The molecule has 1 unspecified atom stereocenters. The van der Waals surface area contributed by atoms with Crippen LogP contribution in [0.1, 0.15) is 42.1 Å². The third kappa shape index (κ3) is 3.82. The number of nitrogens with zero attached hydrogens (tertiary/aromatic N) is 4. The number of aromatic nitrogens is 4. The number of ether oxygens (including phenoxy) is 1. The van der Waals surface area contributed by atoms with Crippen molar-refractivity contribution in [2.45, 2.75) is 50.0 Å². The normalized spacial score (nSPS) is 24.1. The first-order valence-electron chi connectivity index (χ1n) is 11.0. The van der Waals surface area contributed by atoms with Crippen LogP contribution in [0.3, 0.4) is 0 Å². The van der Waals surface area contributed by atoms with Gasteiger partial charge in [-0.25, -0.2) is 9.37 Å². The number of amides is 1. The molecule has 2 fully saturated rings. The molecule has 2 aliphatic rings. The van der Waals surface area contributed by atoms with Gasteiger partial charge in [0.25, 0.3) is 11.5 Å². The largest absolute Gasteiger partial charge is 0.381 e. The molecule has 2 atom stereocenters. The average Bonchev–Trinajstić information content (AvgIpc) is 3.21. The Morgan fingerprint density at radius 3 is 2.79 bits per heavy atom. The minimum absolute atomic E-state index is 0.100. The first kappa shape index (κ1) is 21.4. The van der Waals surface area contributed by atoms with E-state index in [2.05, 4.69) is 26.0 Å². The summed E-state index contributed by atoms with van der Waals surface area (Å²) in [6, 6.07) is 4.82. The quantitative estimate of drug-likeness (QED) is 0.501. The van der Waals surface area contributed by atoms with Crippen molar-refractivity contribution >= 4 is 28.9 Å². The highest BCUT2D eigenvalue weighted by Crippen LogP contribution is 2.33. The van der Waals surface area contributed by atoms with Crippen molar-refractivity contribution in [2.24, 2.45) is 0 Å². The zero-order valence-electron chi connectivity index (χ0n) is 18.4. The first-order chi connectivity index (χ1) is 16.0. The predicted octanol–water partition coefficient (Wildman–Crippen LogP) is 2.26. The SMILES string of the molecule is CNc1cc(Nc2cccn([C@H]3C[C@H](OC)C3)c2=O)nc2c(C(=O)NC3CC[C@@H]3F)cnn12. The second-order valence-electron chi connectivity index (χ2n) is 8.49. The molecule has 0 aliphatic heterocycles. The molecule has 3 N–H and O–H groups in total. The van der Waals surface area contributed by atoms with Gasteiger partial charge in [-0.05, 0) is 37.8 Å². The summed E-state index contributed by atoms with van der Waals surface area (Å²) in [6.07, 6.45) is 5.00. The predicted molar refractivity (Wildman–Crippen MR) is 121 cm³/mol. The molecule has 0 radical (unpaired) electrons. The summed E-state index contributed by atoms with van der Waals surface area (Å²) in [7, 11) is 3.40. The van der Waals surface area contributed by atoms with Crippen LogP contribution in [0.2, 0.25) is 0 Å². The molecule has 5 rings (SSSR count). The number of carbonyl (C=O) groups excluding carboxylic acids is 1. The number of alkyl halides is 1. The molecule has 2 saturated carbocycles. The third-order valence-electron chi connectivity index (χ3n) is 6.51. The lowest BCUT2D eigenvalue weighted by atomic mass is 9.89. The molecule has 3 aromatic heterocycles. The highest BCUT2D eigenvalue weighted by atomic mass is 19.1. The number of halogens is 1. The van der Waals surface area contributed by atoms with E-state index in [0.717, 1.165) is 12.8 Å². The Bertz CT molecular complexity index is 1250. The summed E-state index contributed by atoms with van der Waals surface area (Å²) in [5, 5.41) is 13.1. The van der Waals surface area contributed by atoms with Crippen molar-refractivity contribution in [1.29, 1.82) is 0 Å². The Kier molecular flexibility index (Phi) is 5.49. The maximum atomic E-state index is 13.6. The maximum Gasteiger partial charge on any atom is 0.274 e. The second kappa shape index (κ2) is 8.47. The van der Waals surface area contributed by atoms with E-state index in [4.69, 9.17) is 4.74 Å². The molecule has 33 heavy (non-hydrogen) atoms. The fraction of sp³-hybridized carbons (Fsp3) is 0.455. The Hall–Kier alpha value is -3.47. The highest BCUT2D eigenvalue weighted by Gasteiger charge is 2.33. The van der Waals surface area contributed by atoms with Crippen LogP contribution in [0, 0.1) is 0 Å². The Morgan fingerprint density at radius 2 is 2.12 bits per heavy atom. The minimum Gasteiger partial charge on any atom is -0.381 e. The number of methoxy groups -OCH3 is 1. The molecule has 11 heteroatoms. The van der Waals surface area contributed by atoms with Gasteiger partial charge in [0.15, 0.2) is 5.65 Å². The van der Waals surface area contributed by atoms with Gasteiger partial charge in [-0.3, -0.25) is 9.59 Å². The first-order valence-corrected chi connectivity index (χ1v) is 11.0. The van der Waals surface area contributed by atoms with E-state index in [1.54, 1.807) is 37.1 Å². The van der Waals surface area contributed by atoms with Crippen molar-refractivity contribution in [2.75, 3.05) is 24.8 Å². The Balaban J connectivity index is 1.44. The zero-order chi connectivity index (χ0) is 23.1. The molecule has 10 nitrogen and oxygen atoms in total. The van der Waals surface area contributed by atoms with Crippen LogP contribution in [-0.2, 0) is 4.74 Å². The van der Waals surface area contributed by atoms with Gasteiger partial charge in [-0.1, -0.05) is 0 Å². The number of nitrogens with one attached hydrogen (secondary N) is 3. The van der Waals surface area contributed by atoms with Crippen LogP contribution in [-0.4, -0.2) is 57.5 Å². The van der Waals surface area contributed by atoms with Crippen LogP contribution in [0.5, 0.6) is 0 Å². The van der Waals surface area contributed by atoms with Crippen LogP contribution in [0.25, 0.3) is 5.65 Å².